The van der Waals surface area contributed by atoms with Crippen LogP contribution in [0.2, 0.25) is 0 Å². The molecule has 5 nitrogen and oxygen atoms in total. The van der Waals surface area contributed by atoms with Crippen molar-refractivity contribution in [2.24, 2.45) is 0 Å². The number of carbonyl (C=O) groups is 1. The lowest BCUT2D eigenvalue weighted by atomic mass is 10.2. The van der Waals surface area contributed by atoms with Gasteiger partial charge in [-0.25, -0.2) is 8.42 Å². The van der Waals surface area contributed by atoms with E-state index in [1.54, 1.807) is 0 Å². The molecule has 0 saturated carbocycles. The molecule has 0 aromatic rings. The maximum Gasteiger partial charge on any atom is 0.163 e. The van der Waals surface area contributed by atoms with Crippen LogP contribution in [-0.4, -0.2) is 45.7 Å². The molecule has 13 heavy (non-hydrogen) atoms. The van der Waals surface area contributed by atoms with Gasteiger partial charge in [-0.05, 0) is 0 Å². The maximum atomic E-state index is 11.1. The van der Waals surface area contributed by atoms with Crippen molar-refractivity contribution >= 4 is 15.6 Å². The topological polar surface area (TPSA) is 69.7 Å². The van der Waals surface area contributed by atoms with Gasteiger partial charge in [0.2, 0.25) is 0 Å². The SMILES string of the molecule is COCO[C@@H]1CS(=O)(=O)CCC1=O. The van der Waals surface area contributed by atoms with Crippen LogP contribution in [0.25, 0.3) is 0 Å². The van der Waals surface area contributed by atoms with Gasteiger partial charge in [0.25, 0.3) is 0 Å². The standard InChI is InChI=1S/C7H12O5S/c1-11-5-12-7-4-13(9,10)3-2-6(7)8/h7H,2-5H2,1H3/t7-/m1/s1. The van der Waals surface area contributed by atoms with E-state index in [0.29, 0.717) is 0 Å². The number of hydrogen-bond acceptors (Lipinski definition) is 5. The van der Waals surface area contributed by atoms with E-state index < -0.39 is 15.9 Å². The summed E-state index contributed by atoms with van der Waals surface area (Å²) in [5.41, 5.74) is 0. The predicted octanol–water partition coefficient (Wildman–Crippen LogP) is -0.637. The molecule has 1 aliphatic heterocycles. The zero-order chi connectivity index (χ0) is 9.90. The minimum absolute atomic E-state index is 0.0497. The summed E-state index contributed by atoms with van der Waals surface area (Å²) in [6.07, 6.45) is -0.782. The van der Waals surface area contributed by atoms with Crippen LogP contribution < -0.4 is 0 Å². The Morgan fingerprint density at radius 2 is 2.23 bits per heavy atom. The Balaban J connectivity index is 2.56. The highest BCUT2D eigenvalue weighted by Crippen LogP contribution is 2.11. The zero-order valence-electron chi connectivity index (χ0n) is 7.36. The second-order valence-electron chi connectivity index (χ2n) is 2.89. The number of methoxy groups -OCH3 is 1. The van der Waals surface area contributed by atoms with Crippen molar-refractivity contribution in [3.63, 3.8) is 0 Å². The van der Waals surface area contributed by atoms with Gasteiger partial charge in [-0.2, -0.15) is 0 Å². The molecule has 1 heterocycles. The first-order valence-electron chi connectivity index (χ1n) is 3.89. The number of Topliss-reactive ketones (excluding diaryl/α,β-unsaturated/α-hetero) is 1. The summed E-state index contributed by atoms with van der Waals surface area (Å²) in [5.74, 6) is -0.430. The third kappa shape index (κ3) is 3.06. The van der Waals surface area contributed by atoms with Gasteiger partial charge in [0.05, 0.1) is 11.5 Å². The summed E-state index contributed by atoms with van der Waals surface area (Å²) in [7, 11) is -1.68. The molecule has 0 unspecified atom stereocenters. The molecule has 1 saturated heterocycles. The van der Waals surface area contributed by atoms with Crippen LogP contribution in [0.4, 0.5) is 0 Å². The Labute approximate surface area is 76.9 Å². The highest BCUT2D eigenvalue weighted by Gasteiger charge is 2.31. The summed E-state index contributed by atoms with van der Waals surface area (Å²) < 4.78 is 31.7. The minimum Gasteiger partial charge on any atom is -0.359 e. The van der Waals surface area contributed by atoms with Crippen LogP contribution in [0.5, 0.6) is 0 Å². The predicted molar refractivity (Wildman–Crippen MR) is 45.0 cm³/mol. The van der Waals surface area contributed by atoms with Crippen LogP contribution in [0.1, 0.15) is 6.42 Å². The molecule has 6 heteroatoms. The van der Waals surface area contributed by atoms with E-state index in [-0.39, 0.29) is 30.5 Å². The van der Waals surface area contributed by atoms with Crippen LogP contribution in [0.3, 0.4) is 0 Å². The van der Waals surface area contributed by atoms with Crippen molar-refractivity contribution in [2.45, 2.75) is 12.5 Å². The monoisotopic (exact) mass is 208 g/mol. The second-order valence-corrected chi connectivity index (χ2v) is 5.12. The molecule has 1 atom stereocenters. The summed E-state index contributed by atoms with van der Waals surface area (Å²) in [6.45, 7) is -0.0497. The molecular weight excluding hydrogens is 196 g/mol. The first-order chi connectivity index (χ1) is 6.05. The molecule has 0 amide bonds. The molecule has 0 aromatic heterocycles. The molecule has 0 spiro atoms. The van der Waals surface area contributed by atoms with Gasteiger partial charge < -0.3 is 9.47 Å². The van der Waals surface area contributed by atoms with Crippen LogP contribution >= 0.6 is 0 Å². The fourth-order valence-electron chi connectivity index (χ4n) is 1.12. The highest BCUT2D eigenvalue weighted by atomic mass is 32.2. The van der Waals surface area contributed by atoms with Gasteiger partial charge in [0, 0.05) is 13.5 Å². The largest absolute Gasteiger partial charge is 0.359 e. The quantitative estimate of drug-likeness (QED) is 0.577. The lowest BCUT2D eigenvalue weighted by molar-refractivity contribution is -0.137. The summed E-state index contributed by atoms with van der Waals surface area (Å²) >= 11 is 0. The minimum atomic E-state index is -3.10. The number of ether oxygens (including phenoxy) is 2. The molecule has 76 valence electrons. The fraction of sp³-hybridized carbons (Fsp3) is 0.857. The number of rotatable bonds is 3. The number of ketones is 1. The summed E-state index contributed by atoms with van der Waals surface area (Å²) in [5, 5.41) is 0. The van der Waals surface area contributed by atoms with E-state index >= 15 is 0 Å². The molecule has 0 N–H and O–H groups in total. The van der Waals surface area contributed by atoms with Crippen molar-refractivity contribution in [3.8, 4) is 0 Å². The summed E-state index contributed by atoms with van der Waals surface area (Å²) in [4.78, 5) is 11.1. The van der Waals surface area contributed by atoms with Gasteiger partial charge in [-0.1, -0.05) is 0 Å². The van der Waals surface area contributed by atoms with Crippen molar-refractivity contribution in [2.75, 3.05) is 25.4 Å². The van der Waals surface area contributed by atoms with Crippen molar-refractivity contribution in [1.29, 1.82) is 0 Å². The third-order valence-electron chi connectivity index (χ3n) is 1.81. The normalized spacial score (nSPS) is 27.5. The van der Waals surface area contributed by atoms with Crippen LogP contribution in [-0.2, 0) is 24.1 Å². The Morgan fingerprint density at radius 1 is 1.54 bits per heavy atom. The molecule has 0 aliphatic carbocycles. The first-order valence-corrected chi connectivity index (χ1v) is 5.71. The lowest BCUT2D eigenvalue weighted by Crippen LogP contribution is -2.39. The van der Waals surface area contributed by atoms with Gasteiger partial charge in [0.1, 0.15) is 12.9 Å². The van der Waals surface area contributed by atoms with E-state index in [9.17, 15) is 13.2 Å². The molecule has 0 bridgehead atoms. The molecule has 1 aliphatic rings. The van der Waals surface area contributed by atoms with Gasteiger partial charge >= 0.3 is 0 Å². The van der Waals surface area contributed by atoms with Crippen LogP contribution in [0, 0.1) is 0 Å². The number of hydrogen-bond donors (Lipinski definition) is 0. The molecular formula is C7H12O5S. The number of sulfone groups is 1. The van der Waals surface area contributed by atoms with E-state index in [1.807, 2.05) is 0 Å². The Morgan fingerprint density at radius 3 is 2.85 bits per heavy atom. The fourth-order valence-corrected chi connectivity index (χ4v) is 2.54. The first kappa shape index (κ1) is 10.6. The van der Waals surface area contributed by atoms with Crippen molar-refractivity contribution < 1.29 is 22.7 Å². The lowest BCUT2D eigenvalue weighted by Gasteiger charge is -2.20. The van der Waals surface area contributed by atoms with Crippen molar-refractivity contribution in [1.82, 2.24) is 0 Å². The van der Waals surface area contributed by atoms with E-state index in [2.05, 4.69) is 4.74 Å². The van der Waals surface area contributed by atoms with Gasteiger partial charge in [0.15, 0.2) is 15.6 Å². The molecule has 1 rings (SSSR count). The van der Waals surface area contributed by atoms with E-state index in [4.69, 9.17) is 4.74 Å². The highest BCUT2D eigenvalue weighted by molar-refractivity contribution is 7.91. The average Bonchev–Trinajstić information content (AvgIpc) is 2.07. The van der Waals surface area contributed by atoms with E-state index in [1.165, 1.54) is 7.11 Å². The summed E-state index contributed by atoms with van der Waals surface area (Å²) in [6, 6.07) is 0. The Bertz CT molecular complexity index is 281. The third-order valence-corrected chi connectivity index (χ3v) is 3.45. The average molecular weight is 208 g/mol. The van der Waals surface area contributed by atoms with Crippen molar-refractivity contribution in [3.05, 3.63) is 0 Å². The molecule has 0 radical (unpaired) electrons. The zero-order valence-corrected chi connectivity index (χ0v) is 8.17. The Kier molecular flexibility index (Phi) is 3.40. The van der Waals surface area contributed by atoms with Gasteiger partial charge in [-0.15, -0.1) is 0 Å². The molecule has 1 fully saturated rings. The maximum absolute atomic E-state index is 11.1. The number of carbonyl (C=O) groups excluding carboxylic acids is 1. The Hall–Kier alpha value is -0.460. The van der Waals surface area contributed by atoms with E-state index in [0.717, 1.165) is 0 Å². The van der Waals surface area contributed by atoms with Crippen LogP contribution in [0.15, 0.2) is 0 Å². The van der Waals surface area contributed by atoms with Gasteiger partial charge in [-0.3, -0.25) is 4.79 Å². The molecule has 0 aromatic carbocycles. The second kappa shape index (κ2) is 4.17. The smallest absolute Gasteiger partial charge is 0.163 e.